The Balaban J connectivity index is 3.64. The normalized spacial score (nSPS) is 13.4. The van der Waals surface area contributed by atoms with E-state index in [1.54, 1.807) is 0 Å². The van der Waals surface area contributed by atoms with Crippen molar-refractivity contribution in [2.24, 2.45) is 5.92 Å². The van der Waals surface area contributed by atoms with Gasteiger partial charge in [-0.25, -0.2) is 0 Å². The minimum absolute atomic E-state index is 0.547. The van der Waals surface area contributed by atoms with Crippen LogP contribution < -0.4 is 0 Å². The summed E-state index contributed by atoms with van der Waals surface area (Å²) in [5.41, 5.74) is 0. The van der Waals surface area contributed by atoms with Crippen molar-refractivity contribution >= 4 is 15.9 Å². The lowest BCUT2D eigenvalue weighted by atomic mass is 10.1. The molecule has 0 aromatic carbocycles. The summed E-state index contributed by atoms with van der Waals surface area (Å²) in [6.07, 6.45) is 7.07. The Labute approximate surface area is 77.5 Å². The fourth-order valence-electron chi connectivity index (χ4n) is 0.627. The molecular formula is C10H13Br. The van der Waals surface area contributed by atoms with E-state index in [0.29, 0.717) is 5.92 Å². The van der Waals surface area contributed by atoms with E-state index in [0.717, 1.165) is 6.42 Å². The molecule has 1 heteroatoms. The standard InChI is InChI=1S/C10H13Br/c1-3-4-7-10(2)8-5-6-9-11/h5-6,8-10H,7H2,1-2H3/b8-5+,9-6+. The minimum atomic E-state index is 0.547. The molecular weight excluding hydrogens is 200 g/mol. The van der Waals surface area contributed by atoms with Crippen LogP contribution in [-0.2, 0) is 0 Å². The lowest BCUT2D eigenvalue weighted by molar-refractivity contribution is 0.759. The molecule has 0 rings (SSSR count). The van der Waals surface area contributed by atoms with Crippen LogP contribution in [0.1, 0.15) is 20.3 Å². The molecule has 0 heterocycles. The van der Waals surface area contributed by atoms with Crippen molar-refractivity contribution in [1.29, 1.82) is 0 Å². The largest absolute Gasteiger partial charge is 0.107 e. The summed E-state index contributed by atoms with van der Waals surface area (Å²) >= 11 is 3.19. The Hall–Kier alpha value is -0.480. The summed E-state index contributed by atoms with van der Waals surface area (Å²) in [6.45, 7) is 4.03. The van der Waals surface area contributed by atoms with E-state index in [-0.39, 0.29) is 0 Å². The quantitative estimate of drug-likeness (QED) is 0.497. The predicted molar refractivity (Wildman–Crippen MR) is 54.4 cm³/mol. The van der Waals surface area contributed by atoms with Gasteiger partial charge < -0.3 is 0 Å². The van der Waals surface area contributed by atoms with Crippen molar-refractivity contribution in [3.8, 4) is 11.8 Å². The number of hydrogen-bond donors (Lipinski definition) is 0. The van der Waals surface area contributed by atoms with Gasteiger partial charge in [-0.2, -0.15) is 0 Å². The van der Waals surface area contributed by atoms with E-state index >= 15 is 0 Å². The lowest BCUT2D eigenvalue weighted by Gasteiger charge is -1.96. The van der Waals surface area contributed by atoms with Crippen LogP contribution in [0.3, 0.4) is 0 Å². The Morgan fingerprint density at radius 2 is 2.18 bits per heavy atom. The highest BCUT2D eigenvalue weighted by molar-refractivity contribution is 9.11. The van der Waals surface area contributed by atoms with Gasteiger partial charge in [0.25, 0.3) is 0 Å². The molecule has 60 valence electrons. The molecule has 11 heavy (non-hydrogen) atoms. The van der Waals surface area contributed by atoms with Crippen LogP contribution in [0.25, 0.3) is 0 Å². The van der Waals surface area contributed by atoms with E-state index in [1.807, 2.05) is 24.1 Å². The summed E-state index contributed by atoms with van der Waals surface area (Å²) in [5, 5.41) is 0. The van der Waals surface area contributed by atoms with Gasteiger partial charge in [0.15, 0.2) is 0 Å². The summed E-state index contributed by atoms with van der Waals surface area (Å²) in [5.74, 6) is 6.46. The molecule has 0 fully saturated rings. The van der Waals surface area contributed by atoms with E-state index in [4.69, 9.17) is 0 Å². The van der Waals surface area contributed by atoms with Crippen molar-refractivity contribution in [2.45, 2.75) is 20.3 Å². The smallest absolute Gasteiger partial charge is 0.0149 e. The van der Waals surface area contributed by atoms with Gasteiger partial charge in [-0.15, -0.1) is 11.8 Å². The summed E-state index contributed by atoms with van der Waals surface area (Å²) in [4.78, 5) is 1.84. The first-order valence-electron chi connectivity index (χ1n) is 3.64. The first kappa shape index (κ1) is 10.5. The maximum absolute atomic E-state index is 3.19. The molecule has 0 N–H and O–H groups in total. The van der Waals surface area contributed by atoms with Crippen LogP contribution in [0.5, 0.6) is 0 Å². The Morgan fingerprint density at radius 1 is 1.45 bits per heavy atom. The fourth-order valence-corrected chi connectivity index (χ4v) is 0.803. The van der Waals surface area contributed by atoms with Gasteiger partial charge in [0, 0.05) is 6.42 Å². The monoisotopic (exact) mass is 212 g/mol. The molecule has 0 saturated carbocycles. The van der Waals surface area contributed by atoms with Gasteiger partial charge in [0.1, 0.15) is 0 Å². The molecule has 0 aromatic heterocycles. The zero-order valence-electron chi connectivity index (χ0n) is 6.97. The van der Waals surface area contributed by atoms with Crippen LogP contribution in [0.4, 0.5) is 0 Å². The van der Waals surface area contributed by atoms with Gasteiger partial charge in [-0.1, -0.05) is 41.1 Å². The molecule has 0 aliphatic heterocycles. The minimum Gasteiger partial charge on any atom is -0.107 e. The maximum atomic E-state index is 3.19. The van der Waals surface area contributed by atoms with Gasteiger partial charge in [-0.3, -0.25) is 0 Å². The molecule has 0 nitrogen and oxygen atoms in total. The maximum Gasteiger partial charge on any atom is 0.0149 e. The van der Waals surface area contributed by atoms with Crippen LogP contribution in [0.2, 0.25) is 0 Å². The van der Waals surface area contributed by atoms with Gasteiger partial charge in [0.2, 0.25) is 0 Å². The zero-order chi connectivity index (χ0) is 8.53. The van der Waals surface area contributed by atoms with E-state index in [2.05, 4.69) is 40.8 Å². The Kier molecular flexibility index (Phi) is 7.29. The highest BCUT2D eigenvalue weighted by Crippen LogP contribution is 2.02. The fraction of sp³-hybridized carbons (Fsp3) is 0.400. The lowest BCUT2D eigenvalue weighted by Crippen LogP contribution is -1.84. The first-order valence-corrected chi connectivity index (χ1v) is 4.56. The zero-order valence-corrected chi connectivity index (χ0v) is 8.56. The van der Waals surface area contributed by atoms with Crippen LogP contribution in [-0.4, -0.2) is 0 Å². The second-order valence-corrected chi connectivity index (χ2v) is 2.84. The third kappa shape index (κ3) is 7.42. The number of halogens is 1. The average molecular weight is 213 g/mol. The van der Waals surface area contributed by atoms with Crippen LogP contribution in [0, 0.1) is 17.8 Å². The van der Waals surface area contributed by atoms with Crippen molar-refractivity contribution in [3.05, 3.63) is 23.2 Å². The summed E-state index contributed by atoms with van der Waals surface area (Å²) < 4.78 is 0. The molecule has 1 atom stereocenters. The second-order valence-electron chi connectivity index (χ2n) is 2.31. The molecule has 0 radical (unpaired) electrons. The topological polar surface area (TPSA) is 0 Å². The molecule has 0 spiro atoms. The van der Waals surface area contributed by atoms with E-state index in [1.165, 1.54) is 0 Å². The Morgan fingerprint density at radius 3 is 2.73 bits per heavy atom. The molecule has 0 saturated heterocycles. The predicted octanol–water partition coefficient (Wildman–Crippen LogP) is 3.50. The molecule has 0 amide bonds. The molecule has 0 aromatic rings. The van der Waals surface area contributed by atoms with Crippen molar-refractivity contribution in [2.75, 3.05) is 0 Å². The molecule has 0 aliphatic rings. The van der Waals surface area contributed by atoms with Crippen molar-refractivity contribution in [3.63, 3.8) is 0 Å². The van der Waals surface area contributed by atoms with Crippen molar-refractivity contribution in [1.82, 2.24) is 0 Å². The second kappa shape index (κ2) is 7.63. The highest BCUT2D eigenvalue weighted by atomic mass is 79.9. The number of allylic oxidation sites excluding steroid dienone is 3. The molecule has 1 unspecified atom stereocenters. The summed E-state index contributed by atoms with van der Waals surface area (Å²) in [7, 11) is 0. The number of hydrogen-bond acceptors (Lipinski definition) is 0. The van der Waals surface area contributed by atoms with Crippen LogP contribution >= 0.6 is 15.9 Å². The summed E-state index contributed by atoms with van der Waals surface area (Å²) in [6, 6.07) is 0. The average Bonchev–Trinajstić information content (AvgIpc) is 2.01. The highest BCUT2D eigenvalue weighted by Gasteiger charge is 1.89. The first-order chi connectivity index (χ1) is 5.31. The van der Waals surface area contributed by atoms with Gasteiger partial charge in [-0.05, 0) is 17.8 Å². The third-order valence-electron chi connectivity index (χ3n) is 1.22. The number of rotatable bonds is 3. The third-order valence-corrected chi connectivity index (χ3v) is 1.53. The molecule has 0 aliphatic carbocycles. The Bertz CT molecular complexity index is 191. The van der Waals surface area contributed by atoms with Gasteiger partial charge >= 0.3 is 0 Å². The SMILES string of the molecule is CC#CCC(C)/C=C/C=C/Br. The molecule has 0 bridgehead atoms. The van der Waals surface area contributed by atoms with Crippen LogP contribution in [0.15, 0.2) is 23.2 Å². The van der Waals surface area contributed by atoms with Crippen molar-refractivity contribution < 1.29 is 0 Å². The van der Waals surface area contributed by atoms with E-state index < -0.39 is 0 Å². The van der Waals surface area contributed by atoms with Gasteiger partial charge in [0.05, 0.1) is 0 Å². The van der Waals surface area contributed by atoms with E-state index in [9.17, 15) is 0 Å².